The second-order valence-electron chi connectivity index (χ2n) is 4.84. The molecule has 1 aromatic heterocycles. The third-order valence-corrected chi connectivity index (χ3v) is 3.47. The van der Waals surface area contributed by atoms with Crippen LogP contribution in [0.2, 0.25) is 5.02 Å². The molecule has 0 saturated carbocycles. The maximum absolute atomic E-state index is 12.3. The van der Waals surface area contributed by atoms with Gasteiger partial charge in [-0.2, -0.15) is 0 Å². The number of nitrogens with zero attached hydrogens (tertiary/aromatic N) is 1. The van der Waals surface area contributed by atoms with Crippen LogP contribution in [0.25, 0.3) is 10.9 Å². The molecule has 0 aliphatic carbocycles. The van der Waals surface area contributed by atoms with Crippen molar-refractivity contribution in [1.82, 2.24) is 4.98 Å². The van der Waals surface area contributed by atoms with Crippen LogP contribution in [0, 0.1) is 6.92 Å². The fourth-order valence-electron chi connectivity index (χ4n) is 2.21. The van der Waals surface area contributed by atoms with Crippen molar-refractivity contribution in [3.05, 3.63) is 70.9 Å². The van der Waals surface area contributed by atoms with E-state index < -0.39 is 0 Å². The Balaban J connectivity index is 1.96. The number of fused-ring (bicyclic) bond motifs is 1. The predicted molar refractivity (Wildman–Crippen MR) is 85.9 cm³/mol. The molecule has 0 fully saturated rings. The maximum Gasteiger partial charge on any atom is 0.255 e. The summed E-state index contributed by atoms with van der Waals surface area (Å²) in [6, 6.07) is 14.7. The van der Waals surface area contributed by atoms with Gasteiger partial charge in [-0.25, -0.2) is 0 Å². The van der Waals surface area contributed by atoms with Gasteiger partial charge in [0.2, 0.25) is 0 Å². The SMILES string of the molecule is Cc1cccc(C(=O)Nc2ccnc3cc(Cl)ccc23)c1. The van der Waals surface area contributed by atoms with E-state index in [1.165, 1.54) is 0 Å². The molecule has 21 heavy (non-hydrogen) atoms. The fraction of sp³-hybridized carbons (Fsp3) is 0.0588. The first-order chi connectivity index (χ1) is 10.1. The van der Waals surface area contributed by atoms with E-state index in [0.29, 0.717) is 10.6 Å². The largest absolute Gasteiger partial charge is 0.321 e. The van der Waals surface area contributed by atoms with E-state index >= 15 is 0 Å². The van der Waals surface area contributed by atoms with Crippen LogP contribution < -0.4 is 5.32 Å². The molecule has 0 bridgehead atoms. The van der Waals surface area contributed by atoms with Gasteiger partial charge in [0, 0.05) is 22.2 Å². The smallest absolute Gasteiger partial charge is 0.255 e. The predicted octanol–water partition coefficient (Wildman–Crippen LogP) is 4.45. The standard InChI is InChI=1S/C17H13ClN2O/c1-11-3-2-4-12(9-11)17(21)20-15-7-8-19-16-10-13(18)5-6-14(15)16/h2-10H,1H3,(H,19,20,21). The number of amides is 1. The number of hydrogen-bond donors (Lipinski definition) is 1. The lowest BCUT2D eigenvalue weighted by atomic mass is 10.1. The average molecular weight is 297 g/mol. The van der Waals surface area contributed by atoms with E-state index in [4.69, 9.17) is 11.6 Å². The van der Waals surface area contributed by atoms with Gasteiger partial charge in [0.25, 0.3) is 5.91 Å². The number of aryl methyl sites for hydroxylation is 1. The van der Waals surface area contributed by atoms with E-state index in [1.807, 2.05) is 31.2 Å². The Kier molecular flexibility index (Phi) is 3.59. The van der Waals surface area contributed by atoms with Crippen LogP contribution in [-0.2, 0) is 0 Å². The summed E-state index contributed by atoms with van der Waals surface area (Å²) >= 11 is 5.96. The lowest BCUT2D eigenvalue weighted by Crippen LogP contribution is -2.12. The Bertz CT molecular complexity index is 830. The Labute approximate surface area is 127 Å². The first kappa shape index (κ1) is 13.6. The Morgan fingerprint density at radius 3 is 2.81 bits per heavy atom. The number of carbonyl (C=O) groups is 1. The zero-order chi connectivity index (χ0) is 14.8. The van der Waals surface area contributed by atoms with Gasteiger partial charge in [0.15, 0.2) is 0 Å². The number of carbonyl (C=O) groups excluding carboxylic acids is 1. The van der Waals surface area contributed by atoms with Gasteiger partial charge in [-0.15, -0.1) is 0 Å². The minimum atomic E-state index is -0.138. The van der Waals surface area contributed by atoms with Gasteiger partial charge in [-0.1, -0.05) is 29.3 Å². The molecule has 0 aliphatic heterocycles. The van der Waals surface area contributed by atoms with Crippen molar-refractivity contribution in [2.45, 2.75) is 6.92 Å². The molecule has 3 aromatic rings. The van der Waals surface area contributed by atoms with E-state index in [2.05, 4.69) is 10.3 Å². The molecule has 0 unspecified atom stereocenters. The summed E-state index contributed by atoms with van der Waals surface area (Å²) in [4.78, 5) is 16.6. The number of anilines is 1. The zero-order valence-electron chi connectivity index (χ0n) is 11.4. The van der Waals surface area contributed by atoms with Crippen LogP contribution in [0.4, 0.5) is 5.69 Å². The molecule has 4 heteroatoms. The van der Waals surface area contributed by atoms with Crippen LogP contribution in [-0.4, -0.2) is 10.9 Å². The Hall–Kier alpha value is -2.39. The lowest BCUT2D eigenvalue weighted by molar-refractivity contribution is 0.102. The van der Waals surface area contributed by atoms with Gasteiger partial charge in [-0.3, -0.25) is 9.78 Å². The Morgan fingerprint density at radius 1 is 1.14 bits per heavy atom. The van der Waals surface area contributed by atoms with Crippen LogP contribution in [0.15, 0.2) is 54.7 Å². The normalized spacial score (nSPS) is 10.6. The van der Waals surface area contributed by atoms with Crippen LogP contribution >= 0.6 is 11.6 Å². The minimum absolute atomic E-state index is 0.138. The van der Waals surface area contributed by atoms with Crippen molar-refractivity contribution in [3.63, 3.8) is 0 Å². The summed E-state index contributed by atoms with van der Waals surface area (Å²) in [5.41, 5.74) is 3.16. The highest BCUT2D eigenvalue weighted by Gasteiger charge is 2.09. The maximum atomic E-state index is 12.3. The zero-order valence-corrected chi connectivity index (χ0v) is 12.2. The highest BCUT2D eigenvalue weighted by atomic mass is 35.5. The third kappa shape index (κ3) is 2.88. The highest BCUT2D eigenvalue weighted by Crippen LogP contribution is 2.24. The molecule has 1 N–H and O–H groups in total. The van der Waals surface area contributed by atoms with E-state index in [0.717, 1.165) is 22.2 Å². The number of halogens is 1. The molecule has 1 amide bonds. The molecular weight excluding hydrogens is 284 g/mol. The molecule has 1 heterocycles. The van der Waals surface area contributed by atoms with Crippen molar-refractivity contribution in [2.75, 3.05) is 5.32 Å². The molecule has 2 aromatic carbocycles. The number of nitrogens with one attached hydrogen (secondary N) is 1. The van der Waals surface area contributed by atoms with Crippen molar-refractivity contribution in [1.29, 1.82) is 0 Å². The number of hydrogen-bond acceptors (Lipinski definition) is 2. The van der Waals surface area contributed by atoms with Crippen molar-refractivity contribution < 1.29 is 4.79 Å². The molecule has 0 spiro atoms. The molecule has 0 aliphatic rings. The summed E-state index contributed by atoms with van der Waals surface area (Å²) in [5.74, 6) is -0.138. The summed E-state index contributed by atoms with van der Waals surface area (Å²) < 4.78 is 0. The number of benzene rings is 2. The third-order valence-electron chi connectivity index (χ3n) is 3.23. The summed E-state index contributed by atoms with van der Waals surface area (Å²) in [7, 11) is 0. The number of pyridine rings is 1. The van der Waals surface area contributed by atoms with Gasteiger partial charge < -0.3 is 5.32 Å². The van der Waals surface area contributed by atoms with Crippen LogP contribution in [0.3, 0.4) is 0 Å². The molecule has 0 atom stereocenters. The monoisotopic (exact) mass is 296 g/mol. The molecule has 0 saturated heterocycles. The van der Waals surface area contributed by atoms with Crippen LogP contribution in [0.1, 0.15) is 15.9 Å². The fourth-order valence-corrected chi connectivity index (χ4v) is 2.38. The second kappa shape index (κ2) is 5.54. The first-order valence-electron chi connectivity index (χ1n) is 6.56. The first-order valence-corrected chi connectivity index (χ1v) is 6.93. The average Bonchev–Trinajstić information content (AvgIpc) is 2.47. The highest BCUT2D eigenvalue weighted by molar-refractivity contribution is 6.31. The van der Waals surface area contributed by atoms with E-state index in [9.17, 15) is 4.79 Å². The van der Waals surface area contributed by atoms with E-state index in [-0.39, 0.29) is 5.91 Å². The molecule has 0 radical (unpaired) electrons. The van der Waals surface area contributed by atoms with Gasteiger partial charge in [-0.05, 0) is 43.3 Å². The quantitative estimate of drug-likeness (QED) is 0.759. The summed E-state index contributed by atoms with van der Waals surface area (Å²) in [6.07, 6.45) is 1.66. The number of aromatic nitrogens is 1. The summed E-state index contributed by atoms with van der Waals surface area (Å²) in [6.45, 7) is 1.96. The lowest BCUT2D eigenvalue weighted by Gasteiger charge is -2.09. The number of rotatable bonds is 2. The molecular formula is C17H13ClN2O. The second-order valence-corrected chi connectivity index (χ2v) is 5.28. The Morgan fingerprint density at radius 2 is 2.00 bits per heavy atom. The molecule has 104 valence electrons. The van der Waals surface area contributed by atoms with Gasteiger partial charge in [0.05, 0.1) is 11.2 Å². The van der Waals surface area contributed by atoms with Crippen molar-refractivity contribution in [2.24, 2.45) is 0 Å². The van der Waals surface area contributed by atoms with Crippen molar-refractivity contribution >= 4 is 34.1 Å². The molecule has 3 nitrogen and oxygen atoms in total. The van der Waals surface area contributed by atoms with Crippen molar-refractivity contribution in [3.8, 4) is 0 Å². The summed E-state index contributed by atoms with van der Waals surface area (Å²) in [5, 5.41) is 4.41. The molecule has 3 rings (SSSR count). The van der Waals surface area contributed by atoms with Gasteiger partial charge in [0.1, 0.15) is 0 Å². The topological polar surface area (TPSA) is 42.0 Å². The minimum Gasteiger partial charge on any atom is -0.321 e. The van der Waals surface area contributed by atoms with Gasteiger partial charge >= 0.3 is 0 Å². The van der Waals surface area contributed by atoms with Crippen LogP contribution in [0.5, 0.6) is 0 Å². The van der Waals surface area contributed by atoms with E-state index in [1.54, 1.807) is 30.5 Å².